The highest BCUT2D eigenvalue weighted by atomic mass is 32.1. The minimum atomic E-state index is 0.00325. The number of hydrogen-bond donors (Lipinski definition) is 0. The molecule has 0 aliphatic carbocycles. The fourth-order valence-electron chi connectivity index (χ4n) is 2.97. The van der Waals surface area contributed by atoms with Crippen LogP contribution in [0.5, 0.6) is 0 Å². The molecule has 138 valence electrons. The van der Waals surface area contributed by atoms with E-state index in [9.17, 15) is 4.79 Å². The summed E-state index contributed by atoms with van der Waals surface area (Å²) in [6.07, 6.45) is 1.77. The number of rotatable bonds is 5. The molecule has 3 aromatic heterocycles. The zero-order valence-electron chi connectivity index (χ0n) is 16.2. The van der Waals surface area contributed by atoms with Crippen LogP contribution in [0.15, 0.2) is 29.8 Å². The number of nitrogens with zero attached hydrogens (tertiary/aromatic N) is 4. The van der Waals surface area contributed by atoms with Crippen molar-refractivity contribution in [2.75, 3.05) is 7.05 Å². The van der Waals surface area contributed by atoms with Crippen LogP contribution in [0.25, 0.3) is 11.0 Å². The molecule has 3 aromatic rings. The zero-order chi connectivity index (χ0) is 19.0. The standard InChI is InChI=1S/C20H26N4OS/c1-12(2)17-10-15(16-11-21-24(13(3)4)19(16)22-17)20(25)23(6)14(5)18-8-7-9-26-18/h7-14H,1-6H3. The Kier molecular flexibility index (Phi) is 5.14. The molecule has 0 spiro atoms. The molecule has 0 fully saturated rings. The minimum absolute atomic E-state index is 0.00325. The third-order valence-electron chi connectivity index (χ3n) is 4.75. The molecule has 0 bridgehead atoms. The molecular formula is C20H26N4OS. The zero-order valence-corrected chi connectivity index (χ0v) is 17.0. The number of aromatic nitrogens is 3. The maximum atomic E-state index is 13.3. The molecule has 1 amide bonds. The lowest BCUT2D eigenvalue weighted by Crippen LogP contribution is -2.29. The summed E-state index contributed by atoms with van der Waals surface area (Å²) in [6.45, 7) is 10.4. The number of fused-ring (bicyclic) bond motifs is 1. The highest BCUT2D eigenvalue weighted by Gasteiger charge is 2.24. The van der Waals surface area contributed by atoms with E-state index in [1.165, 1.54) is 4.88 Å². The molecule has 6 heteroatoms. The topological polar surface area (TPSA) is 51.0 Å². The first-order chi connectivity index (χ1) is 12.3. The summed E-state index contributed by atoms with van der Waals surface area (Å²) in [5.74, 6) is 0.241. The van der Waals surface area contributed by atoms with Crippen LogP contribution >= 0.6 is 11.3 Å². The number of thiophene rings is 1. The summed E-state index contributed by atoms with van der Waals surface area (Å²) in [5.41, 5.74) is 2.38. The molecule has 5 nitrogen and oxygen atoms in total. The van der Waals surface area contributed by atoms with Crippen LogP contribution in [0.4, 0.5) is 0 Å². The third kappa shape index (κ3) is 3.26. The molecule has 26 heavy (non-hydrogen) atoms. The molecule has 0 radical (unpaired) electrons. The lowest BCUT2D eigenvalue weighted by atomic mass is 10.0. The van der Waals surface area contributed by atoms with Gasteiger partial charge in [0.1, 0.15) is 0 Å². The van der Waals surface area contributed by atoms with Gasteiger partial charge in [0, 0.05) is 23.7 Å². The third-order valence-corrected chi connectivity index (χ3v) is 5.80. The fourth-order valence-corrected chi connectivity index (χ4v) is 3.80. The average molecular weight is 371 g/mol. The molecule has 0 aliphatic heterocycles. The van der Waals surface area contributed by atoms with Gasteiger partial charge < -0.3 is 4.90 Å². The largest absolute Gasteiger partial charge is 0.334 e. The quantitative estimate of drug-likeness (QED) is 0.633. The van der Waals surface area contributed by atoms with Gasteiger partial charge in [-0.15, -0.1) is 11.3 Å². The molecule has 0 aromatic carbocycles. The number of carbonyl (C=O) groups excluding carboxylic acids is 1. The molecule has 0 saturated carbocycles. The Morgan fingerprint density at radius 3 is 2.54 bits per heavy atom. The van der Waals surface area contributed by atoms with Crippen molar-refractivity contribution in [3.05, 3.63) is 45.9 Å². The number of hydrogen-bond acceptors (Lipinski definition) is 4. The van der Waals surface area contributed by atoms with E-state index in [1.807, 2.05) is 29.2 Å². The van der Waals surface area contributed by atoms with Gasteiger partial charge in [-0.25, -0.2) is 9.67 Å². The predicted molar refractivity (Wildman–Crippen MR) is 107 cm³/mol. The predicted octanol–water partition coefficient (Wildman–Crippen LogP) is 5.03. The van der Waals surface area contributed by atoms with Gasteiger partial charge in [0.25, 0.3) is 5.91 Å². The van der Waals surface area contributed by atoms with E-state index in [1.54, 1.807) is 22.4 Å². The second-order valence-electron chi connectivity index (χ2n) is 7.28. The van der Waals surface area contributed by atoms with Gasteiger partial charge in [-0.3, -0.25) is 4.79 Å². The Morgan fingerprint density at radius 2 is 1.96 bits per heavy atom. The number of carbonyl (C=O) groups is 1. The van der Waals surface area contributed by atoms with Crippen molar-refractivity contribution < 1.29 is 4.79 Å². The summed E-state index contributed by atoms with van der Waals surface area (Å²) >= 11 is 1.67. The van der Waals surface area contributed by atoms with E-state index in [2.05, 4.69) is 45.8 Å². The summed E-state index contributed by atoms with van der Waals surface area (Å²) in [5, 5.41) is 7.34. The number of amides is 1. The van der Waals surface area contributed by atoms with Crippen molar-refractivity contribution in [2.24, 2.45) is 0 Å². The first-order valence-corrected chi connectivity index (χ1v) is 9.88. The van der Waals surface area contributed by atoms with E-state index in [4.69, 9.17) is 4.98 Å². The number of pyridine rings is 1. The molecule has 0 N–H and O–H groups in total. The van der Waals surface area contributed by atoms with Crippen molar-refractivity contribution in [1.82, 2.24) is 19.7 Å². The molecule has 1 atom stereocenters. The highest BCUT2D eigenvalue weighted by Crippen LogP contribution is 2.29. The van der Waals surface area contributed by atoms with Gasteiger partial charge in [-0.2, -0.15) is 5.10 Å². The monoisotopic (exact) mass is 370 g/mol. The van der Waals surface area contributed by atoms with E-state index in [0.29, 0.717) is 5.56 Å². The van der Waals surface area contributed by atoms with Crippen molar-refractivity contribution in [3.8, 4) is 0 Å². The van der Waals surface area contributed by atoms with Gasteiger partial charge in [0.2, 0.25) is 0 Å². The fraction of sp³-hybridized carbons (Fsp3) is 0.450. The van der Waals surface area contributed by atoms with E-state index >= 15 is 0 Å². The van der Waals surface area contributed by atoms with Crippen LogP contribution in [0.1, 0.15) is 73.5 Å². The van der Waals surface area contributed by atoms with Crippen LogP contribution < -0.4 is 0 Å². The summed E-state index contributed by atoms with van der Waals surface area (Å²) in [7, 11) is 1.86. The second-order valence-corrected chi connectivity index (χ2v) is 8.26. The highest BCUT2D eigenvalue weighted by molar-refractivity contribution is 7.10. The van der Waals surface area contributed by atoms with Crippen LogP contribution in [-0.4, -0.2) is 32.6 Å². The smallest absolute Gasteiger partial charge is 0.255 e. The van der Waals surface area contributed by atoms with E-state index < -0.39 is 0 Å². The van der Waals surface area contributed by atoms with Gasteiger partial charge in [-0.1, -0.05) is 19.9 Å². The van der Waals surface area contributed by atoms with Crippen LogP contribution in [0.2, 0.25) is 0 Å². The summed E-state index contributed by atoms with van der Waals surface area (Å²) in [6, 6.07) is 6.22. The van der Waals surface area contributed by atoms with Crippen LogP contribution in [-0.2, 0) is 0 Å². The van der Waals surface area contributed by atoms with Gasteiger partial charge in [0.05, 0.1) is 23.2 Å². The molecular weight excluding hydrogens is 344 g/mol. The van der Waals surface area contributed by atoms with E-state index in [-0.39, 0.29) is 23.9 Å². The maximum absolute atomic E-state index is 13.3. The normalized spacial score (nSPS) is 12.9. The Hall–Kier alpha value is -2.21. The summed E-state index contributed by atoms with van der Waals surface area (Å²) in [4.78, 5) is 21.1. The molecule has 0 saturated heterocycles. The lowest BCUT2D eigenvalue weighted by Gasteiger charge is -2.25. The molecule has 0 aliphatic rings. The summed E-state index contributed by atoms with van der Waals surface area (Å²) < 4.78 is 1.89. The lowest BCUT2D eigenvalue weighted by molar-refractivity contribution is 0.0746. The van der Waals surface area contributed by atoms with Crippen molar-refractivity contribution >= 4 is 28.3 Å². The Morgan fingerprint density at radius 1 is 1.23 bits per heavy atom. The van der Waals surface area contributed by atoms with Crippen LogP contribution in [0.3, 0.4) is 0 Å². The Labute approximate surface area is 158 Å². The van der Waals surface area contributed by atoms with Crippen molar-refractivity contribution in [3.63, 3.8) is 0 Å². The second kappa shape index (κ2) is 7.19. The minimum Gasteiger partial charge on any atom is -0.334 e. The molecule has 3 heterocycles. The molecule has 1 unspecified atom stereocenters. The van der Waals surface area contributed by atoms with Gasteiger partial charge >= 0.3 is 0 Å². The van der Waals surface area contributed by atoms with E-state index in [0.717, 1.165) is 16.7 Å². The van der Waals surface area contributed by atoms with Crippen LogP contribution in [0, 0.1) is 0 Å². The first kappa shape index (κ1) is 18.6. The Balaban J connectivity index is 2.09. The SMILES string of the molecule is CC(C)c1cc(C(=O)N(C)C(C)c2cccs2)c2cnn(C(C)C)c2n1. The Bertz CT molecular complexity index is 911. The van der Waals surface area contributed by atoms with Crippen molar-refractivity contribution in [2.45, 2.75) is 52.6 Å². The maximum Gasteiger partial charge on any atom is 0.255 e. The molecule has 3 rings (SSSR count). The van der Waals surface area contributed by atoms with Gasteiger partial charge in [-0.05, 0) is 44.2 Å². The van der Waals surface area contributed by atoms with Crippen molar-refractivity contribution in [1.29, 1.82) is 0 Å². The first-order valence-electron chi connectivity index (χ1n) is 9.00. The average Bonchev–Trinajstić information content (AvgIpc) is 3.28. The van der Waals surface area contributed by atoms with Gasteiger partial charge in [0.15, 0.2) is 5.65 Å².